The van der Waals surface area contributed by atoms with Gasteiger partial charge in [-0.25, -0.2) is 8.78 Å². The minimum Gasteiger partial charge on any atom is -0.306 e. The molecule has 68 valence electrons. The van der Waals surface area contributed by atoms with E-state index in [1.165, 1.54) is 6.92 Å². The third kappa shape index (κ3) is 4.30. The minimum atomic E-state index is -2.27. The Bertz CT molecular complexity index is 92.3. The number of halogens is 2. The molecule has 0 aliphatic heterocycles. The molecule has 0 bridgehead atoms. The number of hydrogen-bond acceptors (Lipinski definition) is 1. The monoisotopic (exact) mass is 165 g/mol. The van der Waals surface area contributed by atoms with Crippen molar-refractivity contribution < 1.29 is 8.78 Å². The van der Waals surface area contributed by atoms with Gasteiger partial charge in [0.15, 0.2) is 0 Å². The molecule has 0 spiro atoms. The molecule has 0 amide bonds. The van der Waals surface area contributed by atoms with E-state index in [4.69, 9.17) is 0 Å². The number of nitrogens with one attached hydrogen (secondary N) is 1. The van der Waals surface area contributed by atoms with Gasteiger partial charge >= 0.3 is 0 Å². The van der Waals surface area contributed by atoms with Crippen LogP contribution in [0.3, 0.4) is 0 Å². The van der Waals surface area contributed by atoms with Crippen molar-refractivity contribution in [3.8, 4) is 0 Å². The van der Waals surface area contributed by atoms with Crippen molar-refractivity contribution in [2.75, 3.05) is 0 Å². The lowest BCUT2D eigenvalue weighted by Gasteiger charge is -2.22. The maximum Gasteiger partial charge on any atom is 0.253 e. The quantitative estimate of drug-likeness (QED) is 0.673. The van der Waals surface area contributed by atoms with Crippen LogP contribution in [0, 0.1) is 5.92 Å². The Hall–Kier alpha value is -0.180. The average Bonchev–Trinajstić information content (AvgIpc) is 1.87. The lowest BCUT2D eigenvalue weighted by atomic mass is 10.1. The third-order valence-electron chi connectivity index (χ3n) is 1.90. The molecule has 1 nitrogen and oxygen atoms in total. The van der Waals surface area contributed by atoms with Gasteiger partial charge in [-0.2, -0.15) is 0 Å². The van der Waals surface area contributed by atoms with E-state index in [-0.39, 0.29) is 6.04 Å². The summed E-state index contributed by atoms with van der Waals surface area (Å²) < 4.78 is 24.0. The van der Waals surface area contributed by atoms with Crippen LogP contribution in [-0.2, 0) is 0 Å². The van der Waals surface area contributed by atoms with E-state index in [9.17, 15) is 8.78 Å². The summed E-state index contributed by atoms with van der Waals surface area (Å²) in [6, 6.07) is -0.550. The molecule has 0 radical (unpaired) electrons. The highest BCUT2D eigenvalue weighted by Crippen LogP contribution is 2.05. The van der Waals surface area contributed by atoms with E-state index in [1.54, 1.807) is 0 Å². The molecule has 2 unspecified atom stereocenters. The second-order valence-corrected chi connectivity index (χ2v) is 3.32. The average molecular weight is 165 g/mol. The molecule has 3 heteroatoms. The minimum absolute atomic E-state index is 0.152. The van der Waals surface area contributed by atoms with E-state index >= 15 is 0 Å². The molecule has 0 aliphatic carbocycles. The first-order chi connectivity index (χ1) is 4.95. The van der Waals surface area contributed by atoms with Gasteiger partial charge in [-0.3, -0.25) is 0 Å². The Labute approximate surface area is 67.2 Å². The molecule has 0 aromatic carbocycles. The van der Waals surface area contributed by atoms with Gasteiger partial charge in [0, 0.05) is 6.04 Å². The summed E-state index contributed by atoms with van der Waals surface area (Å²) in [5.74, 6) is 0.399. The van der Waals surface area contributed by atoms with E-state index in [2.05, 4.69) is 5.32 Å². The molecular weight excluding hydrogens is 148 g/mol. The first kappa shape index (κ1) is 10.8. The molecule has 0 heterocycles. The van der Waals surface area contributed by atoms with Crippen LogP contribution in [-0.4, -0.2) is 18.5 Å². The highest BCUT2D eigenvalue weighted by Gasteiger charge is 2.17. The van der Waals surface area contributed by atoms with Crippen molar-refractivity contribution in [3.63, 3.8) is 0 Å². The molecule has 0 rings (SSSR count). The smallest absolute Gasteiger partial charge is 0.253 e. The van der Waals surface area contributed by atoms with Gasteiger partial charge in [-0.05, 0) is 19.8 Å². The Morgan fingerprint density at radius 1 is 0.909 bits per heavy atom. The Balaban J connectivity index is 3.66. The maximum atomic E-state index is 12.0. The summed E-state index contributed by atoms with van der Waals surface area (Å²) in [7, 11) is 0. The summed E-state index contributed by atoms with van der Waals surface area (Å²) in [6.45, 7) is 7.44. The van der Waals surface area contributed by atoms with E-state index in [1.807, 2.05) is 20.8 Å². The molecule has 0 fully saturated rings. The molecule has 2 atom stereocenters. The predicted octanol–water partition coefficient (Wildman–Crippen LogP) is 2.27. The Kier molecular flexibility index (Phi) is 4.57. The lowest BCUT2D eigenvalue weighted by molar-refractivity contribution is 0.0975. The molecule has 0 aliphatic rings. The Morgan fingerprint density at radius 3 is 1.64 bits per heavy atom. The van der Waals surface area contributed by atoms with Crippen LogP contribution in [0.2, 0.25) is 0 Å². The molecular formula is C8H17F2N. The standard InChI is InChI=1S/C8H17F2N/c1-5(2)6(3)11-7(4)8(9)10/h5-8,11H,1-4H3. The maximum absolute atomic E-state index is 12.0. The summed E-state index contributed by atoms with van der Waals surface area (Å²) in [5.41, 5.74) is 0. The summed E-state index contributed by atoms with van der Waals surface area (Å²) in [4.78, 5) is 0. The van der Waals surface area contributed by atoms with Crippen LogP contribution in [0.1, 0.15) is 27.7 Å². The first-order valence-electron chi connectivity index (χ1n) is 3.99. The van der Waals surface area contributed by atoms with E-state index < -0.39 is 12.5 Å². The summed E-state index contributed by atoms with van der Waals surface area (Å²) in [5, 5.41) is 2.83. The van der Waals surface area contributed by atoms with Crippen molar-refractivity contribution >= 4 is 0 Å². The largest absolute Gasteiger partial charge is 0.306 e. The van der Waals surface area contributed by atoms with E-state index in [0.29, 0.717) is 5.92 Å². The van der Waals surface area contributed by atoms with E-state index in [0.717, 1.165) is 0 Å². The van der Waals surface area contributed by atoms with Crippen LogP contribution in [0.4, 0.5) is 8.78 Å². The molecule has 0 aromatic heterocycles. The number of rotatable bonds is 4. The Morgan fingerprint density at radius 2 is 1.36 bits per heavy atom. The second kappa shape index (κ2) is 4.65. The van der Waals surface area contributed by atoms with Crippen molar-refractivity contribution in [1.82, 2.24) is 5.32 Å². The fourth-order valence-corrected chi connectivity index (χ4v) is 0.680. The second-order valence-electron chi connectivity index (χ2n) is 3.32. The highest BCUT2D eigenvalue weighted by molar-refractivity contribution is 4.71. The molecule has 0 saturated heterocycles. The lowest BCUT2D eigenvalue weighted by Crippen LogP contribution is -2.41. The van der Waals surface area contributed by atoms with Gasteiger partial charge in [0.05, 0.1) is 6.04 Å². The summed E-state index contributed by atoms with van der Waals surface area (Å²) >= 11 is 0. The zero-order chi connectivity index (χ0) is 9.02. The zero-order valence-corrected chi connectivity index (χ0v) is 7.57. The van der Waals surface area contributed by atoms with Crippen molar-refractivity contribution in [3.05, 3.63) is 0 Å². The van der Waals surface area contributed by atoms with Crippen LogP contribution in [0.5, 0.6) is 0 Å². The van der Waals surface area contributed by atoms with Gasteiger partial charge in [0.2, 0.25) is 0 Å². The van der Waals surface area contributed by atoms with Crippen LogP contribution < -0.4 is 5.32 Å². The van der Waals surface area contributed by atoms with Crippen LogP contribution in [0.25, 0.3) is 0 Å². The number of hydrogen-bond donors (Lipinski definition) is 1. The fraction of sp³-hybridized carbons (Fsp3) is 1.00. The van der Waals surface area contributed by atoms with Gasteiger partial charge in [0.25, 0.3) is 6.43 Å². The van der Waals surface area contributed by atoms with Gasteiger partial charge < -0.3 is 5.32 Å². The highest BCUT2D eigenvalue weighted by atomic mass is 19.3. The van der Waals surface area contributed by atoms with Gasteiger partial charge in [0.1, 0.15) is 0 Å². The normalized spacial score (nSPS) is 17.5. The first-order valence-corrected chi connectivity index (χ1v) is 3.99. The molecule has 0 saturated carbocycles. The number of alkyl halides is 2. The fourth-order valence-electron chi connectivity index (χ4n) is 0.680. The molecule has 1 N–H and O–H groups in total. The van der Waals surface area contributed by atoms with Crippen molar-refractivity contribution in [2.24, 2.45) is 5.92 Å². The van der Waals surface area contributed by atoms with Gasteiger partial charge in [-0.1, -0.05) is 13.8 Å². The third-order valence-corrected chi connectivity index (χ3v) is 1.90. The SMILES string of the molecule is CC(C)C(C)NC(C)C(F)F. The zero-order valence-electron chi connectivity index (χ0n) is 7.57. The predicted molar refractivity (Wildman–Crippen MR) is 42.9 cm³/mol. The topological polar surface area (TPSA) is 12.0 Å². The molecule has 11 heavy (non-hydrogen) atoms. The molecule has 0 aromatic rings. The van der Waals surface area contributed by atoms with Crippen molar-refractivity contribution in [2.45, 2.75) is 46.2 Å². The van der Waals surface area contributed by atoms with Crippen LogP contribution >= 0.6 is 0 Å². The van der Waals surface area contributed by atoms with Crippen LogP contribution in [0.15, 0.2) is 0 Å². The van der Waals surface area contributed by atoms with Crippen molar-refractivity contribution in [1.29, 1.82) is 0 Å². The van der Waals surface area contributed by atoms with Gasteiger partial charge in [-0.15, -0.1) is 0 Å². The summed E-state index contributed by atoms with van der Waals surface area (Å²) in [6.07, 6.45) is -2.27.